The summed E-state index contributed by atoms with van der Waals surface area (Å²) in [6, 6.07) is 13.8. The fraction of sp³-hybridized carbons (Fsp3) is 0.375. The summed E-state index contributed by atoms with van der Waals surface area (Å²) >= 11 is 0. The second-order valence-electron chi connectivity index (χ2n) is 7.73. The Bertz CT molecular complexity index is 900. The minimum Gasteiger partial charge on any atom is -0.378 e. The summed E-state index contributed by atoms with van der Waals surface area (Å²) in [6.07, 6.45) is 5.47. The third-order valence-corrected chi connectivity index (χ3v) is 5.69. The Labute approximate surface area is 182 Å². The van der Waals surface area contributed by atoms with Crippen LogP contribution in [-0.2, 0) is 20.7 Å². The number of pyridine rings is 1. The fourth-order valence-electron chi connectivity index (χ4n) is 3.84. The molecule has 0 radical (unpaired) electrons. The summed E-state index contributed by atoms with van der Waals surface area (Å²) in [4.78, 5) is 35.1. The molecule has 0 aliphatic carbocycles. The first kappa shape index (κ1) is 21.1. The largest absolute Gasteiger partial charge is 0.378 e. The summed E-state index contributed by atoms with van der Waals surface area (Å²) in [6.45, 7) is 5.55. The Morgan fingerprint density at radius 1 is 0.903 bits per heavy atom. The van der Waals surface area contributed by atoms with Crippen LogP contribution in [0, 0.1) is 0 Å². The number of morpholine rings is 1. The van der Waals surface area contributed by atoms with Gasteiger partial charge in [-0.25, -0.2) is 0 Å². The monoisotopic (exact) mass is 420 g/mol. The van der Waals surface area contributed by atoms with Crippen LogP contribution < -0.4 is 4.90 Å². The van der Waals surface area contributed by atoms with Gasteiger partial charge in [0.2, 0.25) is 11.8 Å². The number of benzene rings is 1. The van der Waals surface area contributed by atoms with Crippen LogP contribution in [0.25, 0.3) is 6.08 Å². The van der Waals surface area contributed by atoms with Crippen LogP contribution in [0.15, 0.2) is 54.7 Å². The lowest BCUT2D eigenvalue weighted by atomic mass is 10.1. The predicted octanol–water partition coefficient (Wildman–Crippen LogP) is 1.84. The van der Waals surface area contributed by atoms with E-state index in [0.717, 1.165) is 37.6 Å². The first-order valence-corrected chi connectivity index (χ1v) is 10.8. The van der Waals surface area contributed by atoms with E-state index in [0.29, 0.717) is 32.6 Å². The van der Waals surface area contributed by atoms with Gasteiger partial charge in [-0.05, 0) is 35.9 Å². The molecule has 2 aromatic rings. The minimum absolute atomic E-state index is 0.0194. The summed E-state index contributed by atoms with van der Waals surface area (Å²) < 4.78 is 5.39. The number of piperazine rings is 1. The molecule has 2 saturated heterocycles. The number of amides is 2. The van der Waals surface area contributed by atoms with Crippen LogP contribution in [0.3, 0.4) is 0 Å². The molecule has 2 fully saturated rings. The topological polar surface area (TPSA) is 66.0 Å². The zero-order valence-corrected chi connectivity index (χ0v) is 17.7. The summed E-state index contributed by atoms with van der Waals surface area (Å²) in [5.74, 6) is 0.0378. The first-order chi connectivity index (χ1) is 15.2. The van der Waals surface area contributed by atoms with Crippen molar-refractivity contribution in [3.63, 3.8) is 0 Å². The Hall–Kier alpha value is -3.19. The number of carbonyl (C=O) groups is 2. The van der Waals surface area contributed by atoms with E-state index in [4.69, 9.17) is 4.74 Å². The number of nitrogens with zero attached hydrogens (tertiary/aromatic N) is 4. The number of rotatable bonds is 5. The predicted molar refractivity (Wildman–Crippen MR) is 120 cm³/mol. The van der Waals surface area contributed by atoms with Crippen LogP contribution in [0.2, 0.25) is 0 Å². The molecular formula is C24H28N4O3. The molecule has 0 spiro atoms. The molecular weight excluding hydrogens is 392 g/mol. The zero-order valence-electron chi connectivity index (χ0n) is 17.7. The highest BCUT2D eigenvalue weighted by Gasteiger charge is 2.23. The molecule has 162 valence electrons. The number of anilines is 1. The zero-order chi connectivity index (χ0) is 21.5. The lowest BCUT2D eigenvalue weighted by Crippen LogP contribution is -2.50. The summed E-state index contributed by atoms with van der Waals surface area (Å²) in [7, 11) is 0. The quantitative estimate of drug-likeness (QED) is 0.691. The van der Waals surface area contributed by atoms with Gasteiger partial charge >= 0.3 is 0 Å². The second-order valence-corrected chi connectivity index (χ2v) is 7.73. The van der Waals surface area contributed by atoms with E-state index in [9.17, 15) is 9.59 Å². The molecule has 3 heterocycles. The number of ether oxygens (including phenoxy) is 1. The molecule has 7 heteroatoms. The molecule has 2 amide bonds. The van der Waals surface area contributed by atoms with Crippen molar-refractivity contribution in [2.45, 2.75) is 6.42 Å². The van der Waals surface area contributed by atoms with Gasteiger partial charge in [0.15, 0.2) is 0 Å². The fourth-order valence-corrected chi connectivity index (χ4v) is 3.84. The highest BCUT2D eigenvalue weighted by molar-refractivity contribution is 5.92. The van der Waals surface area contributed by atoms with Crippen LogP contribution in [-0.4, -0.2) is 79.1 Å². The third kappa shape index (κ3) is 5.70. The average molecular weight is 421 g/mol. The van der Waals surface area contributed by atoms with Crippen molar-refractivity contribution in [3.05, 3.63) is 66.0 Å². The molecule has 1 aromatic carbocycles. The molecule has 0 bridgehead atoms. The van der Waals surface area contributed by atoms with Crippen molar-refractivity contribution in [3.8, 4) is 0 Å². The summed E-state index contributed by atoms with van der Waals surface area (Å²) in [5, 5.41) is 0. The van der Waals surface area contributed by atoms with E-state index in [2.05, 4.69) is 22.0 Å². The van der Waals surface area contributed by atoms with Crippen molar-refractivity contribution in [2.75, 3.05) is 57.4 Å². The van der Waals surface area contributed by atoms with Gasteiger partial charge in [-0.1, -0.05) is 18.2 Å². The van der Waals surface area contributed by atoms with Crippen molar-refractivity contribution < 1.29 is 14.3 Å². The van der Waals surface area contributed by atoms with Gasteiger partial charge < -0.3 is 19.4 Å². The number of hydrogen-bond acceptors (Lipinski definition) is 5. The maximum atomic E-state index is 12.6. The summed E-state index contributed by atoms with van der Waals surface area (Å²) in [5.41, 5.74) is 2.95. The van der Waals surface area contributed by atoms with Gasteiger partial charge in [0.1, 0.15) is 0 Å². The van der Waals surface area contributed by atoms with E-state index < -0.39 is 0 Å². The van der Waals surface area contributed by atoms with Crippen molar-refractivity contribution in [2.24, 2.45) is 0 Å². The third-order valence-electron chi connectivity index (χ3n) is 5.69. The molecule has 0 atom stereocenters. The molecule has 1 aromatic heterocycles. The normalized spacial score (nSPS) is 17.2. The van der Waals surface area contributed by atoms with Crippen LogP contribution in [0.1, 0.15) is 11.3 Å². The van der Waals surface area contributed by atoms with Crippen LogP contribution >= 0.6 is 0 Å². The SMILES string of the molecule is O=C(C=Cc1ccc(N2CCOCC2)cc1)N1CCN(C(=O)Cc2ccccn2)CC1. The highest BCUT2D eigenvalue weighted by atomic mass is 16.5. The van der Waals surface area contributed by atoms with Gasteiger partial charge in [0.25, 0.3) is 0 Å². The lowest BCUT2D eigenvalue weighted by Gasteiger charge is -2.34. The molecule has 0 saturated carbocycles. The van der Waals surface area contributed by atoms with E-state index in [1.807, 2.05) is 41.3 Å². The molecule has 4 rings (SSSR count). The Morgan fingerprint density at radius 3 is 2.29 bits per heavy atom. The van der Waals surface area contributed by atoms with Gasteiger partial charge in [0, 0.05) is 62.9 Å². The average Bonchev–Trinajstić information content (AvgIpc) is 2.84. The maximum absolute atomic E-state index is 12.6. The molecule has 7 nitrogen and oxygen atoms in total. The van der Waals surface area contributed by atoms with Crippen molar-refractivity contribution in [1.82, 2.24) is 14.8 Å². The van der Waals surface area contributed by atoms with E-state index >= 15 is 0 Å². The molecule has 0 unspecified atom stereocenters. The maximum Gasteiger partial charge on any atom is 0.246 e. The van der Waals surface area contributed by atoms with Gasteiger partial charge in [-0.3, -0.25) is 14.6 Å². The van der Waals surface area contributed by atoms with E-state index in [1.165, 1.54) is 5.69 Å². The number of aromatic nitrogens is 1. The second kappa shape index (κ2) is 10.2. The van der Waals surface area contributed by atoms with E-state index in [1.54, 1.807) is 17.2 Å². The minimum atomic E-state index is -0.0194. The van der Waals surface area contributed by atoms with Gasteiger partial charge in [0.05, 0.1) is 19.6 Å². The molecule has 0 N–H and O–H groups in total. The smallest absolute Gasteiger partial charge is 0.246 e. The van der Waals surface area contributed by atoms with Crippen LogP contribution in [0.5, 0.6) is 0 Å². The van der Waals surface area contributed by atoms with Crippen molar-refractivity contribution >= 4 is 23.6 Å². The van der Waals surface area contributed by atoms with Gasteiger partial charge in [-0.2, -0.15) is 0 Å². The Morgan fingerprint density at radius 2 is 1.61 bits per heavy atom. The molecule has 2 aliphatic rings. The Balaban J connectivity index is 1.25. The standard InChI is InChI=1S/C24H28N4O3/c29-23(9-6-20-4-7-22(8-5-20)26-15-17-31-18-16-26)27-11-13-28(14-12-27)24(30)19-21-3-1-2-10-25-21/h1-10H,11-19H2. The van der Waals surface area contributed by atoms with Crippen molar-refractivity contribution in [1.29, 1.82) is 0 Å². The van der Waals surface area contributed by atoms with Crippen LogP contribution in [0.4, 0.5) is 5.69 Å². The highest BCUT2D eigenvalue weighted by Crippen LogP contribution is 2.17. The van der Waals surface area contributed by atoms with E-state index in [-0.39, 0.29) is 11.8 Å². The molecule has 2 aliphatic heterocycles. The number of hydrogen-bond donors (Lipinski definition) is 0. The lowest BCUT2D eigenvalue weighted by molar-refractivity contribution is -0.136. The number of carbonyl (C=O) groups excluding carboxylic acids is 2. The Kier molecular flexibility index (Phi) is 6.94. The van der Waals surface area contributed by atoms with Gasteiger partial charge in [-0.15, -0.1) is 0 Å². The molecule has 31 heavy (non-hydrogen) atoms. The first-order valence-electron chi connectivity index (χ1n) is 10.8.